The number of benzene rings is 1. The summed E-state index contributed by atoms with van der Waals surface area (Å²) in [6, 6.07) is 8.28. The lowest BCUT2D eigenvalue weighted by Crippen LogP contribution is -2.34. The van der Waals surface area contributed by atoms with Crippen molar-refractivity contribution in [1.29, 1.82) is 0 Å². The van der Waals surface area contributed by atoms with E-state index in [0.29, 0.717) is 6.42 Å². The highest BCUT2D eigenvalue weighted by Gasteiger charge is 2.23. The van der Waals surface area contributed by atoms with Crippen LogP contribution in [0, 0.1) is 0 Å². The van der Waals surface area contributed by atoms with Crippen LogP contribution in [0.5, 0.6) is 0 Å². The normalized spacial score (nSPS) is 12.6. The van der Waals surface area contributed by atoms with Crippen LogP contribution in [0.2, 0.25) is 0 Å². The van der Waals surface area contributed by atoms with E-state index in [1.54, 1.807) is 0 Å². The maximum absolute atomic E-state index is 12.5. The lowest BCUT2D eigenvalue weighted by Gasteiger charge is -2.27. The maximum Gasteiger partial charge on any atom is 0.220 e. The monoisotopic (exact) mass is 458 g/mol. The molecule has 1 atom stereocenters. The van der Waals surface area contributed by atoms with Crippen molar-refractivity contribution < 1.29 is 4.79 Å². The van der Waals surface area contributed by atoms with Crippen molar-refractivity contribution in [1.82, 2.24) is 5.32 Å². The van der Waals surface area contributed by atoms with E-state index in [2.05, 4.69) is 31.3 Å². The molecule has 190 valence electrons. The summed E-state index contributed by atoms with van der Waals surface area (Å²) < 4.78 is 0. The molecule has 3 heteroatoms. The zero-order valence-corrected chi connectivity index (χ0v) is 22.4. The van der Waals surface area contributed by atoms with Crippen LogP contribution in [0.25, 0.3) is 0 Å². The summed E-state index contributed by atoms with van der Waals surface area (Å²) in [5.41, 5.74) is 8.22. The largest absolute Gasteiger partial charge is 0.349 e. The van der Waals surface area contributed by atoms with Gasteiger partial charge in [-0.25, -0.2) is 0 Å². The molecule has 1 amide bonds. The van der Waals surface area contributed by atoms with Crippen molar-refractivity contribution in [3.63, 3.8) is 0 Å². The Morgan fingerprint density at radius 1 is 0.788 bits per heavy atom. The van der Waals surface area contributed by atoms with Crippen LogP contribution in [0.1, 0.15) is 154 Å². The number of rotatable bonds is 20. The summed E-state index contributed by atoms with van der Waals surface area (Å²) in [5.74, 6) is 0.168. The second-order valence-corrected chi connectivity index (χ2v) is 10.5. The van der Waals surface area contributed by atoms with E-state index >= 15 is 0 Å². The van der Waals surface area contributed by atoms with Crippen LogP contribution in [0.4, 0.5) is 0 Å². The molecule has 0 saturated heterocycles. The van der Waals surface area contributed by atoms with Gasteiger partial charge in [0, 0.05) is 12.0 Å². The average Bonchev–Trinajstić information content (AvgIpc) is 2.79. The second-order valence-electron chi connectivity index (χ2n) is 10.5. The number of unbranched alkanes of at least 4 members (excludes halogenated alkanes) is 14. The van der Waals surface area contributed by atoms with E-state index in [4.69, 9.17) is 5.73 Å². The molecule has 1 unspecified atom stereocenters. The minimum atomic E-state index is -0.414. The zero-order valence-electron chi connectivity index (χ0n) is 22.4. The van der Waals surface area contributed by atoms with Crippen LogP contribution in [-0.4, -0.2) is 5.91 Å². The Morgan fingerprint density at radius 2 is 1.24 bits per heavy atom. The van der Waals surface area contributed by atoms with Crippen LogP contribution < -0.4 is 11.1 Å². The molecular weight excluding hydrogens is 404 g/mol. The summed E-state index contributed by atoms with van der Waals surface area (Å²) in [4.78, 5) is 12.5. The van der Waals surface area contributed by atoms with Crippen LogP contribution in [0.3, 0.4) is 0 Å². The van der Waals surface area contributed by atoms with Gasteiger partial charge in [-0.1, -0.05) is 128 Å². The van der Waals surface area contributed by atoms with Gasteiger partial charge in [-0.05, 0) is 37.8 Å². The van der Waals surface area contributed by atoms with Crippen molar-refractivity contribution in [3.05, 3.63) is 35.4 Å². The van der Waals surface area contributed by atoms with E-state index in [0.717, 1.165) is 30.4 Å². The van der Waals surface area contributed by atoms with E-state index < -0.39 is 5.54 Å². The molecule has 0 aromatic heterocycles. The molecule has 0 spiro atoms. The fraction of sp³-hybridized carbons (Fsp3) is 0.767. The maximum atomic E-state index is 12.5. The number of nitrogens with one attached hydrogen (secondary N) is 1. The molecule has 1 aromatic rings. The molecule has 0 aliphatic carbocycles. The van der Waals surface area contributed by atoms with Crippen molar-refractivity contribution in [2.45, 2.75) is 148 Å². The Balaban J connectivity index is 2.09. The molecule has 0 aliphatic heterocycles. The first-order valence-electron chi connectivity index (χ1n) is 14.1. The molecule has 3 N–H and O–H groups in total. The minimum Gasteiger partial charge on any atom is -0.349 e. The molecule has 0 saturated carbocycles. The van der Waals surface area contributed by atoms with E-state index in [1.165, 1.54) is 83.5 Å². The molecule has 0 bridgehead atoms. The minimum absolute atomic E-state index is 0.0351. The van der Waals surface area contributed by atoms with Crippen LogP contribution in [0.15, 0.2) is 24.3 Å². The topological polar surface area (TPSA) is 55.1 Å². The van der Waals surface area contributed by atoms with Crippen molar-refractivity contribution >= 4 is 5.91 Å². The molecule has 0 heterocycles. The molecule has 33 heavy (non-hydrogen) atoms. The van der Waals surface area contributed by atoms with E-state index in [1.807, 2.05) is 26.0 Å². The number of hydrogen-bond donors (Lipinski definition) is 2. The Hall–Kier alpha value is -1.35. The highest BCUT2D eigenvalue weighted by molar-refractivity contribution is 5.76. The highest BCUT2D eigenvalue weighted by atomic mass is 16.1. The molecule has 1 rings (SSSR count). The van der Waals surface area contributed by atoms with Gasteiger partial charge in [0.25, 0.3) is 0 Å². The second kappa shape index (κ2) is 18.0. The van der Waals surface area contributed by atoms with Crippen LogP contribution >= 0.6 is 0 Å². The molecule has 0 fully saturated rings. The zero-order chi connectivity index (χ0) is 24.4. The fourth-order valence-corrected chi connectivity index (χ4v) is 4.71. The van der Waals surface area contributed by atoms with Gasteiger partial charge >= 0.3 is 0 Å². The number of carbonyl (C=O) groups excluding carboxylic acids is 1. The van der Waals surface area contributed by atoms with E-state index in [-0.39, 0.29) is 11.9 Å². The number of hydrogen-bond acceptors (Lipinski definition) is 2. The lowest BCUT2D eigenvalue weighted by molar-refractivity contribution is -0.122. The molecule has 0 aliphatic rings. The first kappa shape index (κ1) is 29.7. The van der Waals surface area contributed by atoms with Gasteiger partial charge in [-0.2, -0.15) is 0 Å². The van der Waals surface area contributed by atoms with Gasteiger partial charge in [0.05, 0.1) is 6.04 Å². The molecular formula is C30H54N2O. The predicted molar refractivity (Wildman–Crippen MR) is 144 cm³/mol. The highest BCUT2D eigenvalue weighted by Crippen LogP contribution is 2.28. The Labute approximate surface area is 205 Å². The van der Waals surface area contributed by atoms with Crippen molar-refractivity contribution in [2.24, 2.45) is 5.73 Å². The summed E-state index contributed by atoms with van der Waals surface area (Å²) in [5, 5.41) is 3.25. The number of nitrogens with two attached hydrogens (primary N) is 1. The first-order valence-corrected chi connectivity index (χ1v) is 14.1. The van der Waals surface area contributed by atoms with Gasteiger partial charge in [0.1, 0.15) is 0 Å². The third-order valence-electron chi connectivity index (χ3n) is 6.78. The summed E-state index contributed by atoms with van der Waals surface area (Å²) >= 11 is 0. The smallest absolute Gasteiger partial charge is 0.220 e. The van der Waals surface area contributed by atoms with Crippen molar-refractivity contribution in [2.75, 3.05) is 0 Å². The van der Waals surface area contributed by atoms with Gasteiger partial charge < -0.3 is 11.1 Å². The molecule has 1 aromatic carbocycles. The number of carbonyl (C=O) groups is 1. The predicted octanol–water partition coefficient (Wildman–Crippen LogP) is 8.71. The van der Waals surface area contributed by atoms with Gasteiger partial charge in [0.15, 0.2) is 0 Å². The standard InChI is InChI=1S/C30H54N2O/c1-5-7-8-9-10-11-12-13-14-15-16-17-18-19-20-25-29(33)32-28(6-2)26-23-21-22-24-27(26)30(3,4)31/h21-24,28H,5-20,25,31H2,1-4H3,(H,32,33). The Morgan fingerprint density at radius 3 is 1.70 bits per heavy atom. The summed E-state index contributed by atoms with van der Waals surface area (Å²) in [6.45, 7) is 8.45. The van der Waals surface area contributed by atoms with E-state index in [9.17, 15) is 4.79 Å². The quantitative estimate of drug-likeness (QED) is 0.192. The Bertz CT molecular complexity index is 620. The Kier molecular flexibility index (Phi) is 16.2. The van der Waals surface area contributed by atoms with Crippen molar-refractivity contribution in [3.8, 4) is 0 Å². The van der Waals surface area contributed by atoms with Gasteiger partial charge in [0.2, 0.25) is 5.91 Å². The molecule has 3 nitrogen and oxygen atoms in total. The SMILES string of the molecule is CCCCCCCCCCCCCCCCCC(=O)NC(CC)c1ccccc1C(C)(C)N. The lowest BCUT2D eigenvalue weighted by atomic mass is 9.87. The number of amides is 1. The summed E-state index contributed by atoms with van der Waals surface area (Å²) in [7, 11) is 0. The van der Waals surface area contributed by atoms with Gasteiger partial charge in [-0.15, -0.1) is 0 Å². The third kappa shape index (κ3) is 13.8. The average molecular weight is 459 g/mol. The fourth-order valence-electron chi connectivity index (χ4n) is 4.71. The van der Waals surface area contributed by atoms with Crippen LogP contribution in [-0.2, 0) is 10.3 Å². The molecule has 0 radical (unpaired) electrons. The first-order chi connectivity index (χ1) is 15.9. The summed E-state index contributed by atoms with van der Waals surface area (Å²) in [6.07, 6.45) is 21.7. The van der Waals surface area contributed by atoms with Gasteiger partial charge in [-0.3, -0.25) is 4.79 Å². The third-order valence-corrected chi connectivity index (χ3v) is 6.78.